The van der Waals surface area contributed by atoms with Gasteiger partial charge in [-0.2, -0.15) is 0 Å². The number of ether oxygens (including phenoxy) is 1. The summed E-state index contributed by atoms with van der Waals surface area (Å²) in [4.78, 5) is 23.0. The van der Waals surface area contributed by atoms with Crippen molar-refractivity contribution in [2.75, 3.05) is 6.54 Å². The van der Waals surface area contributed by atoms with Gasteiger partial charge in [-0.05, 0) is 36.1 Å². The van der Waals surface area contributed by atoms with Gasteiger partial charge in [-0.25, -0.2) is 0 Å². The van der Waals surface area contributed by atoms with E-state index in [-0.39, 0.29) is 17.2 Å². The monoisotopic (exact) mass is 356 g/mol. The fourth-order valence-corrected chi connectivity index (χ4v) is 2.42. The van der Waals surface area contributed by atoms with E-state index in [1.165, 1.54) is 23.8 Å². The predicted molar refractivity (Wildman–Crippen MR) is 101 cm³/mol. The summed E-state index contributed by atoms with van der Waals surface area (Å²) in [7, 11) is 0. The predicted octanol–water partition coefficient (Wildman–Crippen LogP) is 5.04. The molecule has 2 aromatic carbocycles. The van der Waals surface area contributed by atoms with Crippen molar-refractivity contribution < 1.29 is 14.5 Å². The zero-order valence-electron chi connectivity index (χ0n) is 15.3. The molecule has 1 amide bonds. The highest BCUT2D eigenvalue weighted by Gasteiger charge is 2.18. The van der Waals surface area contributed by atoms with E-state index in [0.717, 1.165) is 12.8 Å². The molecule has 0 radical (unpaired) electrons. The Labute approximate surface area is 153 Å². The lowest BCUT2D eigenvalue weighted by molar-refractivity contribution is -0.384. The Morgan fingerprint density at radius 2 is 1.88 bits per heavy atom. The number of nitro benzene ring substituents is 1. The molecular weight excluding hydrogens is 332 g/mol. The normalized spacial score (nSPS) is 10.6. The number of carbonyl (C=O) groups is 1. The zero-order chi connectivity index (χ0) is 19.1. The molecule has 0 heterocycles. The van der Waals surface area contributed by atoms with Crippen LogP contribution < -0.4 is 10.1 Å². The lowest BCUT2D eigenvalue weighted by Gasteiger charge is -2.12. The molecule has 2 rings (SSSR count). The van der Waals surface area contributed by atoms with Gasteiger partial charge in [-0.3, -0.25) is 14.9 Å². The fourth-order valence-electron chi connectivity index (χ4n) is 2.42. The van der Waals surface area contributed by atoms with E-state index in [1.54, 1.807) is 0 Å². The molecule has 0 aliphatic heterocycles. The molecule has 0 aliphatic carbocycles. The Morgan fingerprint density at radius 3 is 2.46 bits per heavy atom. The molecule has 26 heavy (non-hydrogen) atoms. The molecule has 6 nitrogen and oxygen atoms in total. The number of nitro groups is 1. The SMILES string of the molecule is CCCCNC(=O)c1cc([N+](=O)[O-])ccc1Oc1ccc(C(C)C)cc1. The van der Waals surface area contributed by atoms with Crippen molar-refractivity contribution >= 4 is 11.6 Å². The Kier molecular flexibility index (Phi) is 6.72. The third kappa shape index (κ3) is 5.05. The van der Waals surface area contributed by atoms with Gasteiger partial charge in [-0.15, -0.1) is 0 Å². The molecule has 0 saturated carbocycles. The van der Waals surface area contributed by atoms with Gasteiger partial charge < -0.3 is 10.1 Å². The maximum absolute atomic E-state index is 12.4. The smallest absolute Gasteiger partial charge is 0.270 e. The number of rotatable bonds is 8. The number of nitrogens with zero attached hydrogens (tertiary/aromatic N) is 1. The molecule has 0 saturated heterocycles. The third-order valence-corrected chi connectivity index (χ3v) is 4.01. The largest absolute Gasteiger partial charge is 0.457 e. The van der Waals surface area contributed by atoms with Crippen LogP contribution in [0.25, 0.3) is 0 Å². The summed E-state index contributed by atoms with van der Waals surface area (Å²) in [6.45, 7) is 6.74. The standard InChI is InChI=1S/C20H24N2O4/c1-4-5-12-21-20(23)18-13-16(22(24)25)8-11-19(18)26-17-9-6-15(7-10-17)14(2)3/h6-11,13-14H,4-5,12H2,1-3H3,(H,21,23). The van der Waals surface area contributed by atoms with Gasteiger partial charge in [0.25, 0.3) is 11.6 Å². The lowest BCUT2D eigenvalue weighted by Crippen LogP contribution is -2.24. The van der Waals surface area contributed by atoms with Gasteiger partial charge in [0.2, 0.25) is 0 Å². The highest BCUT2D eigenvalue weighted by molar-refractivity contribution is 5.97. The highest BCUT2D eigenvalue weighted by atomic mass is 16.6. The van der Waals surface area contributed by atoms with E-state index in [4.69, 9.17) is 4.74 Å². The average Bonchev–Trinajstić information content (AvgIpc) is 2.62. The number of hydrogen-bond donors (Lipinski definition) is 1. The summed E-state index contributed by atoms with van der Waals surface area (Å²) in [5.74, 6) is 0.895. The first-order chi connectivity index (χ1) is 12.4. The molecular formula is C20H24N2O4. The Balaban J connectivity index is 2.28. The van der Waals surface area contributed by atoms with E-state index < -0.39 is 4.92 Å². The molecule has 0 aromatic heterocycles. The van der Waals surface area contributed by atoms with Crippen LogP contribution in [-0.2, 0) is 0 Å². The van der Waals surface area contributed by atoms with Gasteiger partial charge >= 0.3 is 0 Å². The molecule has 0 bridgehead atoms. The Morgan fingerprint density at radius 1 is 1.19 bits per heavy atom. The number of carbonyl (C=O) groups excluding carboxylic acids is 1. The van der Waals surface area contributed by atoms with Crippen LogP contribution in [0, 0.1) is 10.1 Å². The van der Waals surface area contributed by atoms with E-state index in [2.05, 4.69) is 19.2 Å². The second-order valence-corrected chi connectivity index (χ2v) is 6.37. The Hall–Kier alpha value is -2.89. The highest BCUT2D eigenvalue weighted by Crippen LogP contribution is 2.29. The van der Waals surface area contributed by atoms with Crippen molar-refractivity contribution in [2.45, 2.75) is 39.5 Å². The molecule has 0 atom stereocenters. The second kappa shape index (κ2) is 8.99. The first kappa shape index (κ1) is 19.4. The lowest BCUT2D eigenvalue weighted by atomic mass is 10.0. The maximum Gasteiger partial charge on any atom is 0.270 e. The zero-order valence-corrected chi connectivity index (χ0v) is 15.3. The van der Waals surface area contributed by atoms with Crippen molar-refractivity contribution in [2.24, 2.45) is 0 Å². The molecule has 2 aromatic rings. The summed E-state index contributed by atoms with van der Waals surface area (Å²) >= 11 is 0. The van der Waals surface area contributed by atoms with Gasteiger partial charge in [0.05, 0.1) is 10.5 Å². The maximum atomic E-state index is 12.4. The van der Waals surface area contributed by atoms with Crippen molar-refractivity contribution in [1.82, 2.24) is 5.32 Å². The second-order valence-electron chi connectivity index (χ2n) is 6.37. The molecule has 0 aliphatic rings. The number of benzene rings is 2. The van der Waals surface area contributed by atoms with Gasteiger partial charge in [0.1, 0.15) is 11.5 Å². The topological polar surface area (TPSA) is 81.5 Å². The minimum atomic E-state index is -0.524. The van der Waals surface area contributed by atoms with E-state index in [0.29, 0.717) is 24.0 Å². The number of non-ortho nitro benzene ring substituents is 1. The quantitative estimate of drug-likeness (QED) is 0.408. The van der Waals surface area contributed by atoms with Gasteiger partial charge in [0, 0.05) is 18.7 Å². The van der Waals surface area contributed by atoms with Crippen LogP contribution in [-0.4, -0.2) is 17.4 Å². The van der Waals surface area contributed by atoms with Crippen LogP contribution >= 0.6 is 0 Å². The molecule has 0 unspecified atom stereocenters. The minimum Gasteiger partial charge on any atom is -0.457 e. The first-order valence-electron chi connectivity index (χ1n) is 8.76. The fraction of sp³-hybridized carbons (Fsp3) is 0.350. The molecule has 1 N–H and O–H groups in total. The number of nitrogens with one attached hydrogen (secondary N) is 1. The van der Waals surface area contributed by atoms with Crippen LogP contribution in [0.15, 0.2) is 42.5 Å². The molecule has 0 fully saturated rings. The number of hydrogen-bond acceptors (Lipinski definition) is 4. The van der Waals surface area contributed by atoms with Crippen LogP contribution in [0.5, 0.6) is 11.5 Å². The van der Waals surface area contributed by atoms with E-state index >= 15 is 0 Å². The molecule has 6 heteroatoms. The van der Waals surface area contributed by atoms with Crippen LogP contribution in [0.2, 0.25) is 0 Å². The van der Waals surface area contributed by atoms with Crippen LogP contribution in [0.4, 0.5) is 5.69 Å². The van der Waals surface area contributed by atoms with E-state index in [1.807, 2.05) is 31.2 Å². The van der Waals surface area contributed by atoms with Gasteiger partial charge in [-0.1, -0.05) is 39.3 Å². The van der Waals surface area contributed by atoms with Crippen LogP contribution in [0.3, 0.4) is 0 Å². The summed E-state index contributed by atoms with van der Waals surface area (Å²) in [6.07, 6.45) is 1.79. The van der Waals surface area contributed by atoms with Crippen molar-refractivity contribution in [3.63, 3.8) is 0 Å². The van der Waals surface area contributed by atoms with Crippen LogP contribution in [0.1, 0.15) is 55.5 Å². The summed E-state index contributed by atoms with van der Waals surface area (Å²) < 4.78 is 5.82. The number of amides is 1. The molecule has 138 valence electrons. The Bertz CT molecular complexity index is 770. The van der Waals surface area contributed by atoms with Crippen molar-refractivity contribution in [3.8, 4) is 11.5 Å². The van der Waals surface area contributed by atoms with Crippen molar-refractivity contribution in [3.05, 3.63) is 63.7 Å². The summed E-state index contributed by atoms with van der Waals surface area (Å²) in [5, 5.41) is 13.8. The summed E-state index contributed by atoms with van der Waals surface area (Å²) in [6, 6.07) is 11.6. The average molecular weight is 356 g/mol. The molecule has 0 spiro atoms. The van der Waals surface area contributed by atoms with E-state index in [9.17, 15) is 14.9 Å². The summed E-state index contributed by atoms with van der Waals surface area (Å²) in [5.41, 5.74) is 1.19. The number of unbranched alkanes of at least 4 members (excludes halogenated alkanes) is 1. The van der Waals surface area contributed by atoms with Crippen molar-refractivity contribution in [1.29, 1.82) is 0 Å². The third-order valence-electron chi connectivity index (χ3n) is 4.01. The van der Waals surface area contributed by atoms with Gasteiger partial charge in [0.15, 0.2) is 0 Å². The first-order valence-corrected chi connectivity index (χ1v) is 8.76. The minimum absolute atomic E-state index is 0.145.